The fraction of sp³-hybridized carbons (Fsp3) is 0.385. The van der Waals surface area contributed by atoms with Crippen LogP contribution in [0.15, 0.2) is 5.38 Å². The maximum atomic E-state index is 12.0. The van der Waals surface area contributed by atoms with E-state index in [0.717, 1.165) is 17.0 Å². The highest BCUT2D eigenvalue weighted by Gasteiger charge is 2.13. The van der Waals surface area contributed by atoms with E-state index < -0.39 is 0 Å². The fourth-order valence-electron chi connectivity index (χ4n) is 1.82. The smallest absolute Gasteiger partial charge is 0.311 e. The molecular weight excluding hydrogens is 292 g/mol. The zero-order chi connectivity index (χ0) is 15.4. The summed E-state index contributed by atoms with van der Waals surface area (Å²) in [6.45, 7) is 3.73. The lowest BCUT2D eigenvalue weighted by atomic mass is 10.1. The van der Waals surface area contributed by atoms with E-state index in [9.17, 15) is 9.59 Å². The van der Waals surface area contributed by atoms with Gasteiger partial charge in [0, 0.05) is 16.6 Å². The van der Waals surface area contributed by atoms with Crippen molar-refractivity contribution in [2.24, 2.45) is 0 Å². The first-order valence-electron chi connectivity index (χ1n) is 6.31. The molecule has 0 saturated heterocycles. The number of hydrogen-bond acceptors (Lipinski definition) is 6. The molecule has 0 bridgehead atoms. The average Bonchev–Trinajstić information content (AvgIpc) is 3.00. The fourth-order valence-corrected chi connectivity index (χ4v) is 2.55. The third-order valence-corrected chi connectivity index (χ3v) is 3.78. The Morgan fingerprint density at radius 3 is 2.76 bits per heavy atom. The largest absolute Gasteiger partial charge is 0.469 e. The van der Waals surface area contributed by atoms with Crippen molar-refractivity contribution in [1.82, 2.24) is 15.2 Å². The van der Waals surface area contributed by atoms with Gasteiger partial charge in [-0.1, -0.05) is 0 Å². The summed E-state index contributed by atoms with van der Waals surface area (Å²) in [5, 5.41) is 11.8. The molecule has 2 N–H and O–H groups in total. The summed E-state index contributed by atoms with van der Waals surface area (Å²) in [5.74, 6) is -0.524. The summed E-state index contributed by atoms with van der Waals surface area (Å²) < 4.78 is 4.57. The predicted molar refractivity (Wildman–Crippen MR) is 78.2 cm³/mol. The van der Waals surface area contributed by atoms with Crippen molar-refractivity contribution in [2.45, 2.75) is 26.7 Å². The lowest BCUT2D eigenvalue weighted by molar-refractivity contribution is -0.139. The zero-order valence-corrected chi connectivity index (χ0v) is 12.8. The maximum Gasteiger partial charge on any atom is 0.311 e. The maximum absolute atomic E-state index is 12.0. The van der Waals surface area contributed by atoms with E-state index in [4.69, 9.17) is 0 Å². The minimum absolute atomic E-state index is 0.100. The van der Waals surface area contributed by atoms with Crippen molar-refractivity contribution in [2.75, 3.05) is 12.4 Å². The van der Waals surface area contributed by atoms with Gasteiger partial charge in [0.1, 0.15) is 0 Å². The summed E-state index contributed by atoms with van der Waals surface area (Å²) in [5.41, 5.74) is 3.16. The predicted octanol–water partition coefficient (Wildman–Crippen LogP) is 1.38. The molecule has 2 aromatic rings. The Bertz CT molecular complexity index is 643. The van der Waals surface area contributed by atoms with Gasteiger partial charge in [-0.2, -0.15) is 5.10 Å². The molecule has 0 spiro atoms. The van der Waals surface area contributed by atoms with Crippen LogP contribution in [0.2, 0.25) is 0 Å². The molecule has 1 amide bonds. The molecule has 0 unspecified atom stereocenters. The van der Waals surface area contributed by atoms with Gasteiger partial charge >= 0.3 is 5.97 Å². The van der Waals surface area contributed by atoms with Crippen LogP contribution < -0.4 is 5.32 Å². The van der Waals surface area contributed by atoms with Crippen molar-refractivity contribution in [1.29, 1.82) is 0 Å². The number of anilines is 1. The Hall–Kier alpha value is -2.22. The number of hydrogen-bond donors (Lipinski definition) is 2. The highest BCUT2D eigenvalue weighted by Crippen LogP contribution is 2.17. The summed E-state index contributed by atoms with van der Waals surface area (Å²) in [4.78, 5) is 27.3. The molecule has 21 heavy (non-hydrogen) atoms. The van der Waals surface area contributed by atoms with Crippen LogP contribution in [0.4, 0.5) is 5.13 Å². The number of esters is 1. The number of methoxy groups -OCH3 is 1. The van der Waals surface area contributed by atoms with E-state index in [0.29, 0.717) is 10.8 Å². The number of ether oxygens (including phenoxy) is 1. The Labute approximate surface area is 125 Å². The third-order valence-electron chi connectivity index (χ3n) is 2.97. The summed E-state index contributed by atoms with van der Waals surface area (Å²) >= 11 is 1.28. The molecule has 0 fully saturated rings. The highest BCUT2D eigenvalue weighted by molar-refractivity contribution is 7.13. The quantitative estimate of drug-likeness (QED) is 0.813. The number of aromatic nitrogens is 3. The topological polar surface area (TPSA) is 97.0 Å². The molecule has 2 aromatic heterocycles. The third kappa shape index (κ3) is 3.88. The van der Waals surface area contributed by atoms with Crippen molar-refractivity contribution >= 4 is 28.3 Å². The minimum Gasteiger partial charge on any atom is -0.469 e. The summed E-state index contributed by atoms with van der Waals surface area (Å²) in [7, 11) is 1.33. The van der Waals surface area contributed by atoms with Gasteiger partial charge in [0.15, 0.2) is 5.13 Å². The molecule has 0 aromatic carbocycles. The van der Waals surface area contributed by atoms with Crippen LogP contribution in [0, 0.1) is 13.8 Å². The molecule has 2 heterocycles. The molecule has 0 atom stereocenters. The molecular formula is C13H16N4O3S. The van der Waals surface area contributed by atoms with E-state index in [1.54, 1.807) is 5.38 Å². The van der Waals surface area contributed by atoms with Gasteiger partial charge < -0.3 is 10.1 Å². The summed E-state index contributed by atoms with van der Waals surface area (Å²) in [6, 6.07) is 0. The second kappa shape index (κ2) is 6.49. The van der Waals surface area contributed by atoms with E-state index in [1.165, 1.54) is 18.4 Å². The number of amides is 1. The molecule has 0 saturated carbocycles. The molecule has 7 nitrogen and oxygen atoms in total. The Morgan fingerprint density at radius 2 is 2.14 bits per heavy atom. The lowest BCUT2D eigenvalue weighted by Crippen LogP contribution is -2.15. The number of nitrogens with zero attached hydrogens (tertiary/aromatic N) is 2. The molecule has 0 aliphatic heterocycles. The van der Waals surface area contributed by atoms with Crippen LogP contribution in [0.1, 0.15) is 22.6 Å². The summed E-state index contributed by atoms with van der Waals surface area (Å²) in [6.07, 6.45) is 0.336. The lowest BCUT2D eigenvalue weighted by Gasteiger charge is -2.02. The molecule has 0 radical (unpaired) electrons. The van der Waals surface area contributed by atoms with Crippen LogP contribution in [0.5, 0.6) is 0 Å². The number of H-pyrrole nitrogens is 1. The van der Waals surface area contributed by atoms with Crippen LogP contribution in [0.25, 0.3) is 0 Å². The van der Waals surface area contributed by atoms with Gasteiger partial charge in [0.2, 0.25) is 5.91 Å². The number of aryl methyl sites for hydroxylation is 2. The molecule has 112 valence electrons. The zero-order valence-electron chi connectivity index (χ0n) is 12.0. The van der Waals surface area contributed by atoms with E-state index in [1.807, 2.05) is 13.8 Å². The normalized spacial score (nSPS) is 10.4. The van der Waals surface area contributed by atoms with Gasteiger partial charge in [0.25, 0.3) is 0 Å². The Kier molecular flexibility index (Phi) is 4.69. The number of thiazole rings is 1. The molecule has 0 aliphatic carbocycles. The monoisotopic (exact) mass is 308 g/mol. The number of rotatable bonds is 5. The van der Waals surface area contributed by atoms with Crippen LogP contribution in [0.3, 0.4) is 0 Å². The van der Waals surface area contributed by atoms with Gasteiger partial charge in [-0.05, 0) is 13.8 Å². The number of carbonyl (C=O) groups is 2. The number of nitrogens with one attached hydrogen (secondary N) is 2. The van der Waals surface area contributed by atoms with Gasteiger partial charge in [-0.25, -0.2) is 4.98 Å². The first-order valence-corrected chi connectivity index (χ1v) is 7.19. The number of aromatic amines is 1. The average molecular weight is 308 g/mol. The molecule has 0 aliphatic rings. The van der Waals surface area contributed by atoms with Gasteiger partial charge in [-0.15, -0.1) is 11.3 Å². The minimum atomic E-state index is -0.358. The van der Waals surface area contributed by atoms with Crippen LogP contribution in [-0.4, -0.2) is 34.2 Å². The SMILES string of the molecule is COC(=O)Cc1csc(NC(=O)Cc2c(C)n[nH]c2C)n1. The number of carbonyl (C=O) groups excluding carboxylic acids is 2. The highest BCUT2D eigenvalue weighted by atomic mass is 32.1. The van der Waals surface area contributed by atoms with Crippen molar-refractivity contribution in [3.63, 3.8) is 0 Å². The Balaban J connectivity index is 1.96. The van der Waals surface area contributed by atoms with Gasteiger partial charge in [0.05, 0.1) is 31.3 Å². The van der Waals surface area contributed by atoms with Crippen LogP contribution in [-0.2, 0) is 27.2 Å². The second-order valence-electron chi connectivity index (χ2n) is 4.53. The van der Waals surface area contributed by atoms with E-state index >= 15 is 0 Å². The molecule has 2 rings (SSSR count). The van der Waals surface area contributed by atoms with E-state index in [-0.39, 0.29) is 24.7 Å². The van der Waals surface area contributed by atoms with Crippen LogP contribution >= 0.6 is 11.3 Å². The van der Waals surface area contributed by atoms with Crippen molar-refractivity contribution in [3.8, 4) is 0 Å². The van der Waals surface area contributed by atoms with Crippen molar-refractivity contribution < 1.29 is 14.3 Å². The van der Waals surface area contributed by atoms with Crippen molar-refractivity contribution in [3.05, 3.63) is 28.0 Å². The standard InChI is InChI=1S/C13H16N4O3S/c1-7-10(8(2)17-16-7)5-11(18)15-13-14-9(6-21-13)4-12(19)20-3/h6H,4-5H2,1-3H3,(H,16,17)(H,14,15,18). The first-order chi connectivity index (χ1) is 9.99. The first kappa shape index (κ1) is 15.2. The van der Waals surface area contributed by atoms with E-state index in [2.05, 4.69) is 25.2 Å². The second-order valence-corrected chi connectivity index (χ2v) is 5.39. The van der Waals surface area contributed by atoms with Gasteiger partial charge in [-0.3, -0.25) is 14.7 Å². The molecule has 8 heteroatoms. The Morgan fingerprint density at radius 1 is 1.38 bits per heavy atom.